The molecule has 0 aromatic heterocycles. The molecule has 0 heterocycles. The van der Waals surface area contributed by atoms with Crippen LogP contribution in [0, 0.1) is 0 Å². The molecule has 0 aliphatic rings. The number of hydrogen-bond acceptors (Lipinski definition) is 3. The van der Waals surface area contributed by atoms with E-state index in [0.29, 0.717) is 11.3 Å². The number of methoxy groups -OCH3 is 1. The predicted molar refractivity (Wildman–Crippen MR) is 98.9 cm³/mol. The van der Waals surface area contributed by atoms with Crippen LogP contribution in [-0.4, -0.2) is 13.1 Å². The summed E-state index contributed by atoms with van der Waals surface area (Å²) in [7, 11) is 1.62. The Kier molecular flexibility index (Phi) is 8.07. The highest BCUT2D eigenvalue weighted by molar-refractivity contribution is 6.22. The van der Waals surface area contributed by atoms with Crippen LogP contribution in [0.1, 0.15) is 37.3 Å². The van der Waals surface area contributed by atoms with Gasteiger partial charge in [0.2, 0.25) is 0 Å². The van der Waals surface area contributed by atoms with Gasteiger partial charge in [-0.05, 0) is 42.3 Å². The Hall–Kier alpha value is -2.26. The summed E-state index contributed by atoms with van der Waals surface area (Å²) in [5.41, 5.74) is 2.24. The Morgan fingerprint density at radius 2 is 1.38 bits per heavy atom. The van der Waals surface area contributed by atoms with E-state index in [4.69, 9.17) is 21.1 Å². The third kappa shape index (κ3) is 5.43. The third-order valence-corrected chi connectivity index (χ3v) is 3.64. The normalized spacial score (nSPS) is 10.9. The standard InChI is InChI=1S/C18H17ClO3.C2H6/c1-12(2)18(20)22-16-10-6-14(7-11-16)17(19)13-4-8-15(21-3)9-5-13;1-2/h4-11,17H,1H2,2-3H3;1-2H3. The number of carbonyl (C=O) groups is 1. The molecule has 0 saturated heterocycles. The second kappa shape index (κ2) is 9.78. The Labute approximate surface area is 148 Å². The highest BCUT2D eigenvalue weighted by Crippen LogP contribution is 2.31. The van der Waals surface area contributed by atoms with Crippen molar-refractivity contribution in [2.75, 3.05) is 7.11 Å². The number of alkyl halides is 1. The molecule has 3 nitrogen and oxygen atoms in total. The Morgan fingerprint density at radius 1 is 0.958 bits per heavy atom. The van der Waals surface area contributed by atoms with Crippen LogP contribution in [0.4, 0.5) is 0 Å². The fourth-order valence-electron chi connectivity index (χ4n) is 1.86. The monoisotopic (exact) mass is 346 g/mol. The molecule has 4 heteroatoms. The fourth-order valence-corrected chi connectivity index (χ4v) is 2.16. The smallest absolute Gasteiger partial charge is 0.338 e. The average Bonchev–Trinajstić information content (AvgIpc) is 2.63. The quantitative estimate of drug-likeness (QED) is 0.309. The fraction of sp³-hybridized carbons (Fsp3) is 0.250. The van der Waals surface area contributed by atoms with E-state index in [2.05, 4.69) is 6.58 Å². The van der Waals surface area contributed by atoms with E-state index >= 15 is 0 Å². The SMILES string of the molecule is C=C(C)C(=O)Oc1ccc(C(Cl)c2ccc(OC)cc2)cc1.CC. The molecule has 0 amide bonds. The summed E-state index contributed by atoms with van der Waals surface area (Å²) in [6, 6.07) is 14.7. The molecule has 128 valence electrons. The minimum Gasteiger partial charge on any atom is -0.497 e. The molecule has 0 spiro atoms. The second-order valence-electron chi connectivity index (χ2n) is 4.87. The Bertz CT molecular complexity index is 660. The molecule has 0 radical (unpaired) electrons. The van der Waals surface area contributed by atoms with Crippen molar-refractivity contribution in [3.63, 3.8) is 0 Å². The van der Waals surface area contributed by atoms with Crippen LogP contribution in [0.2, 0.25) is 0 Å². The summed E-state index contributed by atoms with van der Waals surface area (Å²) >= 11 is 6.47. The number of esters is 1. The van der Waals surface area contributed by atoms with E-state index in [1.165, 1.54) is 0 Å². The van der Waals surface area contributed by atoms with Gasteiger partial charge in [0.25, 0.3) is 0 Å². The zero-order chi connectivity index (χ0) is 18.1. The maximum atomic E-state index is 11.5. The highest BCUT2D eigenvalue weighted by Gasteiger charge is 2.12. The van der Waals surface area contributed by atoms with Gasteiger partial charge in [-0.25, -0.2) is 4.79 Å². The third-order valence-electron chi connectivity index (χ3n) is 3.14. The van der Waals surface area contributed by atoms with Crippen molar-refractivity contribution in [2.24, 2.45) is 0 Å². The molecule has 2 aromatic rings. The van der Waals surface area contributed by atoms with Gasteiger partial charge in [0.1, 0.15) is 11.5 Å². The van der Waals surface area contributed by atoms with Gasteiger partial charge in [-0.15, -0.1) is 11.6 Å². The minimum absolute atomic E-state index is 0.281. The van der Waals surface area contributed by atoms with Crippen molar-refractivity contribution in [3.8, 4) is 11.5 Å². The Balaban J connectivity index is 0.00000139. The summed E-state index contributed by atoms with van der Waals surface area (Å²) in [6.45, 7) is 9.15. The topological polar surface area (TPSA) is 35.5 Å². The molecule has 24 heavy (non-hydrogen) atoms. The summed E-state index contributed by atoms with van der Waals surface area (Å²) < 4.78 is 10.3. The van der Waals surface area contributed by atoms with Crippen molar-refractivity contribution in [2.45, 2.75) is 26.1 Å². The molecular weight excluding hydrogens is 324 g/mol. The molecular formula is C20H23ClO3. The summed E-state index contributed by atoms with van der Waals surface area (Å²) in [5.74, 6) is 0.815. The first-order chi connectivity index (χ1) is 11.5. The van der Waals surface area contributed by atoms with Crippen LogP contribution in [0.3, 0.4) is 0 Å². The zero-order valence-corrected chi connectivity index (χ0v) is 15.3. The highest BCUT2D eigenvalue weighted by atomic mass is 35.5. The lowest BCUT2D eigenvalue weighted by Crippen LogP contribution is -2.08. The molecule has 0 bridgehead atoms. The van der Waals surface area contributed by atoms with E-state index in [1.54, 1.807) is 26.2 Å². The van der Waals surface area contributed by atoms with Crippen molar-refractivity contribution in [1.29, 1.82) is 0 Å². The van der Waals surface area contributed by atoms with E-state index in [1.807, 2.05) is 50.2 Å². The van der Waals surface area contributed by atoms with E-state index in [0.717, 1.165) is 16.9 Å². The first-order valence-corrected chi connectivity index (χ1v) is 8.20. The number of hydrogen-bond donors (Lipinski definition) is 0. The van der Waals surface area contributed by atoms with Gasteiger partial charge in [-0.1, -0.05) is 44.7 Å². The number of ether oxygens (including phenoxy) is 2. The molecule has 0 saturated carbocycles. The summed E-state index contributed by atoms with van der Waals surface area (Å²) in [5, 5.41) is -0.281. The minimum atomic E-state index is -0.440. The van der Waals surface area contributed by atoms with Gasteiger partial charge in [0, 0.05) is 5.57 Å². The number of halogens is 1. The van der Waals surface area contributed by atoms with Crippen LogP contribution in [0.25, 0.3) is 0 Å². The van der Waals surface area contributed by atoms with Crippen molar-refractivity contribution in [3.05, 3.63) is 71.8 Å². The molecule has 1 atom stereocenters. The number of rotatable bonds is 5. The maximum absolute atomic E-state index is 11.5. The van der Waals surface area contributed by atoms with Crippen molar-refractivity contribution < 1.29 is 14.3 Å². The predicted octanol–water partition coefficient (Wildman–Crippen LogP) is 5.53. The average molecular weight is 347 g/mol. The van der Waals surface area contributed by atoms with Crippen molar-refractivity contribution in [1.82, 2.24) is 0 Å². The molecule has 1 unspecified atom stereocenters. The van der Waals surface area contributed by atoms with Crippen molar-refractivity contribution >= 4 is 17.6 Å². The number of carbonyl (C=O) groups excluding carboxylic acids is 1. The van der Waals surface area contributed by atoms with E-state index in [9.17, 15) is 4.79 Å². The van der Waals surface area contributed by atoms with Crippen LogP contribution in [0.5, 0.6) is 11.5 Å². The van der Waals surface area contributed by atoms with Crippen LogP contribution >= 0.6 is 11.6 Å². The van der Waals surface area contributed by atoms with Gasteiger partial charge in [-0.2, -0.15) is 0 Å². The molecule has 0 aliphatic carbocycles. The van der Waals surface area contributed by atoms with E-state index in [-0.39, 0.29) is 5.38 Å². The van der Waals surface area contributed by atoms with Gasteiger partial charge >= 0.3 is 5.97 Å². The zero-order valence-electron chi connectivity index (χ0n) is 14.5. The van der Waals surface area contributed by atoms with Crippen LogP contribution < -0.4 is 9.47 Å². The largest absolute Gasteiger partial charge is 0.497 e. The molecule has 2 aromatic carbocycles. The van der Waals surface area contributed by atoms with Gasteiger partial charge in [-0.3, -0.25) is 0 Å². The van der Waals surface area contributed by atoms with E-state index < -0.39 is 5.97 Å². The molecule has 0 aliphatic heterocycles. The maximum Gasteiger partial charge on any atom is 0.338 e. The second-order valence-corrected chi connectivity index (χ2v) is 5.31. The van der Waals surface area contributed by atoms with Crippen LogP contribution in [-0.2, 0) is 4.79 Å². The van der Waals surface area contributed by atoms with Crippen LogP contribution in [0.15, 0.2) is 60.7 Å². The number of benzene rings is 2. The van der Waals surface area contributed by atoms with Gasteiger partial charge < -0.3 is 9.47 Å². The molecule has 2 rings (SSSR count). The molecule has 0 fully saturated rings. The lowest BCUT2D eigenvalue weighted by molar-refractivity contribution is -0.130. The first-order valence-electron chi connectivity index (χ1n) is 7.77. The lowest BCUT2D eigenvalue weighted by Gasteiger charge is -2.12. The lowest BCUT2D eigenvalue weighted by atomic mass is 10.0. The Morgan fingerprint density at radius 3 is 1.75 bits per heavy atom. The van der Waals surface area contributed by atoms with Gasteiger partial charge in [0.05, 0.1) is 12.5 Å². The summed E-state index contributed by atoms with van der Waals surface area (Å²) in [4.78, 5) is 11.5. The first kappa shape index (κ1) is 19.8. The van der Waals surface area contributed by atoms with Gasteiger partial charge in [0.15, 0.2) is 0 Å². The summed E-state index contributed by atoms with van der Waals surface area (Å²) in [6.07, 6.45) is 0. The molecule has 0 N–H and O–H groups in total.